The third kappa shape index (κ3) is 3.66. The molecule has 2 nitrogen and oxygen atoms in total. The van der Waals surface area contributed by atoms with Crippen LogP contribution in [0.4, 0.5) is 0 Å². The van der Waals surface area contributed by atoms with E-state index in [0.29, 0.717) is 17.9 Å². The maximum Gasteiger partial charge on any atom is 0.230 e. The third-order valence-corrected chi connectivity index (χ3v) is 4.61. The van der Waals surface area contributed by atoms with Crippen molar-refractivity contribution in [1.82, 2.24) is 4.90 Å². The molecule has 1 unspecified atom stereocenters. The molecule has 21 heavy (non-hydrogen) atoms. The van der Waals surface area contributed by atoms with Gasteiger partial charge in [0.05, 0.1) is 5.92 Å². The van der Waals surface area contributed by atoms with Gasteiger partial charge in [-0.3, -0.25) is 4.79 Å². The van der Waals surface area contributed by atoms with Crippen LogP contribution in [0, 0.1) is 11.8 Å². The predicted octanol–water partition coefficient (Wildman–Crippen LogP) is 4.25. The van der Waals surface area contributed by atoms with Crippen LogP contribution >= 0.6 is 0 Å². The number of benzene rings is 1. The normalized spacial score (nSPS) is 19.8. The van der Waals surface area contributed by atoms with Gasteiger partial charge in [0.25, 0.3) is 0 Å². The van der Waals surface area contributed by atoms with Gasteiger partial charge in [-0.25, -0.2) is 0 Å². The van der Waals surface area contributed by atoms with E-state index in [1.807, 2.05) is 6.92 Å². The maximum absolute atomic E-state index is 12.6. The van der Waals surface area contributed by atoms with Gasteiger partial charge < -0.3 is 4.90 Å². The number of amides is 1. The third-order valence-electron chi connectivity index (χ3n) is 4.61. The van der Waals surface area contributed by atoms with E-state index in [1.165, 1.54) is 5.56 Å². The lowest BCUT2D eigenvalue weighted by atomic mass is 9.88. The fourth-order valence-electron chi connectivity index (χ4n) is 3.18. The van der Waals surface area contributed by atoms with Crippen LogP contribution in [0.5, 0.6) is 0 Å². The van der Waals surface area contributed by atoms with Crippen molar-refractivity contribution in [3.05, 3.63) is 35.4 Å². The van der Waals surface area contributed by atoms with E-state index in [2.05, 4.69) is 56.9 Å². The number of carbonyl (C=O) groups is 1. The van der Waals surface area contributed by atoms with Crippen LogP contribution in [0.3, 0.4) is 0 Å². The first kappa shape index (κ1) is 16.1. The molecular weight excluding hydrogens is 258 g/mol. The van der Waals surface area contributed by atoms with E-state index in [0.717, 1.165) is 24.9 Å². The van der Waals surface area contributed by atoms with Crippen LogP contribution in [-0.2, 0) is 11.2 Å². The van der Waals surface area contributed by atoms with Gasteiger partial charge in [0.15, 0.2) is 0 Å². The first-order valence-corrected chi connectivity index (χ1v) is 8.29. The molecule has 1 amide bonds. The van der Waals surface area contributed by atoms with Crippen molar-refractivity contribution < 1.29 is 4.79 Å². The van der Waals surface area contributed by atoms with E-state index < -0.39 is 0 Å². The molecule has 0 radical (unpaired) electrons. The highest BCUT2D eigenvalue weighted by molar-refractivity contribution is 5.84. The summed E-state index contributed by atoms with van der Waals surface area (Å²) in [6, 6.07) is 9.05. The second-order valence-electron chi connectivity index (χ2n) is 7.19. The number of hydrogen-bond donors (Lipinski definition) is 0. The minimum Gasteiger partial charge on any atom is -0.339 e. The van der Waals surface area contributed by atoms with Crippen LogP contribution in [0.25, 0.3) is 0 Å². The lowest BCUT2D eigenvalue weighted by Crippen LogP contribution is -2.54. The molecule has 116 valence electrons. The fraction of sp³-hybridized carbons (Fsp3) is 0.632. The van der Waals surface area contributed by atoms with Crippen molar-refractivity contribution in [2.24, 2.45) is 11.8 Å². The summed E-state index contributed by atoms with van der Waals surface area (Å²) in [5, 5.41) is 0. The molecule has 1 fully saturated rings. The average molecular weight is 287 g/mol. The molecule has 2 heteroatoms. The Labute approximate surface area is 129 Å². The summed E-state index contributed by atoms with van der Waals surface area (Å²) in [5.41, 5.74) is 2.50. The van der Waals surface area contributed by atoms with E-state index in [9.17, 15) is 4.79 Å². The van der Waals surface area contributed by atoms with Gasteiger partial charge in [-0.1, -0.05) is 52.0 Å². The Morgan fingerprint density at radius 2 is 1.76 bits per heavy atom. The Hall–Kier alpha value is -1.31. The lowest BCUT2D eigenvalue weighted by molar-refractivity contribution is -0.141. The summed E-state index contributed by atoms with van der Waals surface area (Å²) in [5.74, 6) is 1.49. The van der Waals surface area contributed by atoms with Crippen molar-refractivity contribution in [1.29, 1.82) is 0 Å². The van der Waals surface area contributed by atoms with Crippen LogP contribution in [0.2, 0.25) is 0 Å². The summed E-state index contributed by atoms with van der Waals surface area (Å²) in [6.07, 6.45) is 2.26. The van der Waals surface area contributed by atoms with Crippen molar-refractivity contribution >= 4 is 5.91 Å². The van der Waals surface area contributed by atoms with Crippen molar-refractivity contribution in [2.45, 2.75) is 59.4 Å². The number of nitrogens with zero attached hydrogens (tertiary/aromatic N) is 1. The van der Waals surface area contributed by atoms with Crippen molar-refractivity contribution in [3.63, 3.8) is 0 Å². The zero-order valence-electron chi connectivity index (χ0n) is 14.1. The Bertz CT molecular complexity index is 475. The summed E-state index contributed by atoms with van der Waals surface area (Å²) in [7, 11) is 0. The molecular formula is C19H29NO. The molecule has 0 saturated carbocycles. The second-order valence-corrected chi connectivity index (χ2v) is 7.19. The zero-order chi connectivity index (χ0) is 15.6. The molecule has 1 aliphatic rings. The fourth-order valence-corrected chi connectivity index (χ4v) is 3.18. The molecule has 0 N–H and O–H groups in total. The monoisotopic (exact) mass is 287 g/mol. The quantitative estimate of drug-likeness (QED) is 0.793. The van der Waals surface area contributed by atoms with Gasteiger partial charge in [-0.05, 0) is 42.7 Å². The minimum absolute atomic E-state index is 0.0281. The molecule has 2 rings (SSSR count). The smallest absolute Gasteiger partial charge is 0.230 e. The first-order chi connectivity index (χ1) is 9.90. The van der Waals surface area contributed by atoms with E-state index >= 15 is 0 Å². The van der Waals surface area contributed by atoms with Gasteiger partial charge in [-0.2, -0.15) is 0 Å². The average Bonchev–Trinajstić information content (AvgIpc) is 2.36. The molecule has 0 aliphatic carbocycles. The Balaban J connectivity index is 2.02. The van der Waals surface area contributed by atoms with Gasteiger partial charge in [0.2, 0.25) is 5.91 Å². The van der Waals surface area contributed by atoms with Gasteiger partial charge in [0.1, 0.15) is 0 Å². The highest BCUT2D eigenvalue weighted by atomic mass is 16.2. The SMILES string of the molecule is CC(C)Cc1ccc([C@H](C)C(=O)N2CCC2C(C)C)cc1. The van der Waals surface area contributed by atoms with Crippen LogP contribution in [0.15, 0.2) is 24.3 Å². The van der Waals surface area contributed by atoms with E-state index in [4.69, 9.17) is 0 Å². The molecule has 2 atom stereocenters. The summed E-state index contributed by atoms with van der Waals surface area (Å²) < 4.78 is 0. The standard InChI is InChI=1S/C19H29NO/c1-13(2)12-16-6-8-17(9-7-16)15(5)19(21)20-11-10-18(20)14(3)4/h6-9,13-15,18H,10-12H2,1-5H3/t15-,18?/m0/s1. The first-order valence-electron chi connectivity index (χ1n) is 8.29. The van der Waals surface area contributed by atoms with Gasteiger partial charge in [-0.15, -0.1) is 0 Å². The van der Waals surface area contributed by atoms with Gasteiger partial charge in [0, 0.05) is 12.6 Å². The summed E-state index contributed by atoms with van der Waals surface area (Å²) >= 11 is 0. The number of likely N-dealkylation sites (tertiary alicyclic amines) is 1. The molecule has 0 spiro atoms. The van der Waals surface area contributed by atoms with Crippen LogP contribution < -0.4 is 0 Å². The van der Waals surface area contributed by atoms with Crippen molar-refractivity contribution in [2.75, 3.05) is 6.54 Å². The second kappa shape index (κ2) is 6.64. The lowest BCUT2D eigenvalue weighted by Gasteiger charge is -2.44. The van der Waals surface area contributed by atoms with E-state index in [-0.39, 0.29) is 11.8 Å². The van der Waals surface area contributed by atoms with Crippen LogP contribution in [-0.4, -0.2) is 23.4 Å². The summed E-state index contributed by atoms with van der Waals surface area (Å²) in [4.78, 5) is 14.7. The Kier molecular flexibility index (Phi) is 5.08. The summed E-state index contributed by atoms with van der Waals surface area (Å²) in [6.45, 7) is 11.8. The molecule has 0 aromatic heterocycles. The molecule has 1 aliphatic heterocycles. The Morgan fingerprint density at radius 1 is 1.14 bits per heavy atom. The predicted molar refractivity (Wildman–Crippen MR) is 88.4 cm³/mol. The largest absolute Gasteiger partial charge is 0.339 e. The molecule has 1 aromatic rings. The minimum atomic E-state index is -0.0281. The van der Waals surface area contributed by atoms with E-state index in [1.54, 1.807) is 0 Å². The molecule has 1 aromatic carbocycles. The molecule has 1 heterocycles. The highest BCUT2D eigenvalue weighted by Gasteiger charge is 2.36. The maximum atomic E-state index is 12.6. The number of hydrogen-bond acceptors (Lipinski definition) is 1. The van der Waals surface area contributed by atoms with Crippen LogP contribution in [0.1, 0.15) is 58.1 Å². The van der Waals surface area contributed by atoms with Gasteiger partial charge >= 0.3 is 0 Å². The topological polar surface area (TPSA) is 20.3 Å². The Morgan fingerprint density at radius 3 is 2.19 bits per heavy atom. The van der Waals surface area contributed by atoms with Crippen molar-refractivity contribution in [3.8, 4) is 0 Å². The number of carbonyl (C=O) groups excluding carboxylic acids is 1. The highest BCUT2D eigenvalue weighted by Crippen LogP contribution is 2.29. The zero-order valence-corrected chi connectivity index (χ0v) is 14.1. The molecule has 1 saturated heterocycles. The molecule has 0 bridgehead atoms. The number of rotatable bonds is 5.